The van der Waals surface area contributed by atoms with Crippen LogP contribution < -0.4 is 5.32 Å². The van der Waals surface area contributed by atoms with E-state index in [4.69, 9.17) is 0 Å². The summed E-state index contributed by atoms with van der Waals surface area (Å²) in [7, 11) is 0. The molecule has 0 saturated carbocycles. The van der Waals surface area contributed by atoms with E-state index in [1.165, 1.54) is 16.4 Å². The summed E-state index contributed by atoms with van der Waals surface area (Å²) in [5.41, 5.74) is 1.41. The van der Waals surface area contributed by atoms with Crippen LogP contribution in [0.5, 0.6) is 0 Å². The van der Waals surface area contributed by atoms with Crippen molar-refractivity contribution in [3.8, 4) is 0 Å². The van der Waals surface area contributed by atoms with Gasteiger partial charge in [-0.2, -0.15) is 0 Å². The fraction of sp³-hybridized carbons (Fsp3) is 0.714. The molecule has 52 valence electrons. The first-order valence-corrected chi connectivity index (χ1v) is 4.25. The molecule has 0 aliphatic carbocycles. The standard InChI is InChI=1S/C7H13NS/c1-5(2)7-8-6(3)4-9-7/h6,8H,4H2,1-3H3. The van der Waals surface area contributed by atoms with E-state index in [0.717, 1.165) is 0 Å². The highest BCUT2D eigenvalue weighted by atomic mass is 32.2. The molecule has 1 fully saturated rings. The van der Waals surface area contributed by atoms with Crippen molar-refractivity contribution >= 4 is 11.8 Å². The van der Waals surface area contributed by atoms with Crippen molar-refractivity contribution in [1.82, 2.24) is 5.32 Å². The molecule has 0 radical (unpaired) electrons. The molecule has 1 heterocycles. The van der Waals surface area contributed by atoms with Gasteiger partial charge >= 0.3 is 0 Å². The molecular weight excluding hydrogens is 130 g/mol. The number of hydrogen-bond donors (Lipinski definition) is 1. The van der Waals surface area contributed by atoms with Crippen LogP contribution in [0.3, 0.4) is 0 Å². The molecule has 1 aliphatic heterocycles. The van der Waals surface area contributed by atoms with E-state index in [0.29, 0.717) is 6.04 Å². The normalized spacial score (nSPS) is 26.1. The molecule has 0 aromatic heterocycles. The maximum Gasteiger partial charge on any atom is 0.0670 e. The number of allylic oxidation sites excluding steroid dienone is 1. The summed E-state index contributed by atoms with van der Waals surface area (Å²) in [6.45, 7) is 6.50. The fourth-order valence-corrected chi connectivity index (χ4v) is 1.88. The second-order valence-electron chi connectivity index (χ2n) is 2.69. The van der Waals surface area contributed by atoms with Gasteiger partial charge in [-0.25, -0.2) is 0 Å². The molecule has 0 aromatic carbocycles. The van der Waals surface area contributed by atoms with E-state index in [1.807, 2.05) is 11.8 Å². The molecule has 0 amide bonds. The lowest BCUT2D eigenvalue weighted by Crippen LogP contribution is -2.18. The van der Waals surface area contributed by atoms with Crippen molar-refractivity contribution in [2.45, 2.75) is 26.8 Å². The Morgan fingerprint density at radius 2 is 2.33 bits per heavy atom. The van der Waals surface area contributed by atoms with Crippen molar-refractivity contribution in [2.24, 2.45) is 0 Å². The van der Waals surface area contributed by atoms with Gasteiger partial charge in [-0.3, -0.25) is 0 Å². The first-order chi connectivity index (χ1) is 4.20. The summed E-state index contributed by atoms with van der Waals surface area (Å²) in [5.74, 6) is 1.22. The molecule has 2 heteroatoms. The third kappa shape index (κ3) is 1.65. The van der Waals surface area contributed by atoms with E-state index in [9.17, 15) is 0 Å². The zero-order chi connectivity index (χ0) is 6.85. The van der Waals surface area contributed by atoms with Gasteiger partial charge in [0.1, 0.15) is 0 Å². The number of rotatable bonds is 0. The van der Waals surface area contributed by atoms with Crippen molar-refractivity contribution in [2.75, 3.05) is 5.75 Å². The Morgan fingerprint density at radius 3 is 2.56 bits per heavy atom. The zero-order valence-corrected chi connectivity index (χ0v) is 7.01. The second kappa shape index (κ2) is 2.65. The molecule has 0 spiro atoms. The molecule has 1 aliphatic rings. The molecule has 0 aromatic rings. The zero-order valence-electron chi connectivity index (χ0n) is 6.19. The molecule has 9 heavy (non-hydrogen) atoms. The van der Waals surface area contributed by atoms with Gasteiger partial charge in [0, 0.05) is 11.8 Å². The second-order valence-corrected chi connectivity index (χ2v) is 3.72. The lowest BCUT2D eigenvalue weighted by atomic mass is 10.3. The molecule has 1 nitrogen and oxygen atoms in total. The smallest absolute Gasteiger partial charge is 0.0670 e. The largest absolute Gasteiger partial charge is 0.377 e. The van der Waals surface area contributed by atoms with E-state index in [-0.39, 0.29) is 0 Å². The van der Waals surface area contributed by atoms with Gasteiger partial charge in [0.05, 0.1) is 5.03 Å². The lowest BCUT2D eigenvalue weighted by Gasteiger charge is -2.02. The van der Waals surface area contributed by atoms with Crippen LogP contribution in [0.2, 0.25) is 0 Å². The average Bonchev–Trinajstić information content (AvgIpc) is 2.14. The van der Waals surface area contributed by atoms with Crippen molar-refractivity contribution in [3.05, 3.63) is 10.6 Å². The van der Waals surface area contributed by atoms with Gasteiger partial charge in [-0.05, 0) is 26.3 Å². The summed E-state index contributed by atoms with van der Waals surface area (Å²) in [5, 5.41) is 4.77. The van der Waals surface area contributed by atoms with Crippen molar-refractivity contribution in [3.63, 3.8) is 0 Å². The van der Waals surface area contributed by atoms with Crippen LogP contribution >= 0.6 is 11.8 Å². The fourth-order valence-electron chi connectivity index (χ4n) is 0.804. The SMILES string of the molecule is CC(C)=C1NC(C)CS1. The van der Waals surface area contributed by atoms with E-state index in [1.54, 1.807) is 0 Å². The van der Waals surface area contributed by atoms with Crippen LogP contribution in [0.4, 0.5) is 0 Å². The molecule has 1 atom stereocenters. The van der Waals surface area contributed by atoms with Gasteiger partial charge < -0.3 is 5.32 Å². The first kappa shape index (κ1) is 7.00. The lowest BCUT2D eigenvalue weighted by molar-refractivity contribution is 0.723. The topological polar surface area (TPSA) is 12.0 Å². The third-order valence-corrected chi connectivity index (χ3v) is 2.79. The molecule has 1 rings (SSSR count). The minimum atomic E-state index is 0.667. The maximum absolute atomic E-state index is 3.40. The molecule has 1 N–H and O–H groups in total. The highest BCUT2D eigenvalue weighted by Gasteiger charge is 2.13. The summed E-state index contributed by atoms with van der Waals surface area (Å²) >= 11 is 1.93. The molecule has 1 unspecified atom stereocenters. The highest BCUT2D eigenvalue weighted by Crippen LogP contribution is 2.24. The van der Waals surface area contributed by atoms with E-state index in [2.05, 4.69) is 26.1 Å². The van der Waals surface area contributed by atoms with Gasteiger partial charge in [0.25, 0.3) is 0 Å². The summed E-state index contributed by atoms with van der Waals surface area (Å²) in [4.78, 5) is 0. The van der Waals surface area contributed by atoms with Crippen LogP contribution in [0.1, 0.15) is 20.8 Å². The van der Waals surface area contributed by atoms with Crippen LogP contribution in [0.15, 0.2) is 10.6 Å². The Hall–Kier alpha value is -0.110. The van der Waals surface area contributed by atoms with Gasteiger partial charge in [0.15, 0.2) is 0 Å². The third-order valence-electron chi connectivity index (χ3n) is 1.31. The summed E-state index contributed by atoms with van der Waals surface area (Å²) in [6.07, 6.45) is 0. The quantitative estimate of drug-likeness (QED) is 0.556. The first-order valence-electron chi connectivity index (χ1n) is 3.27. The maximum atomic E-state index is 3.40. The van der Waals surface area contributed by atoms with Gasteiger partial charge in [-0.1, -0.05) is 0 Å². The predicted octanol–water partition coefficient (Wildman–Crippen LogP) is 1.96. The Kier molecular flexibility index (Phi) is 2.06. The number of hydrogen-bond acceptors (Lipinski definition) is 2. The number of nitrogens with one attached hydrogen (secondary N) is 1. The van der Waals surface area contributed by atoms with Crippen LogP contribution in [0, 0.1) is 0 Å². The summed E-state index contributed by atoms with van der Waals surface area (Å²) in [6, 6.07) is 0.667. The Morgan fingerprint density at radius 1 is 1.67 bits per heavy atom. The predicted molar refractivity (Wildman–Crippen MR) is 43.4 cm³/mol. The van der Waals surface area contributed by atoms with E-state index < -0.39 is 0 Å². The number of thioether (sulfide) groups is 1. The minimum absolute atomic E-state index is 0.667. The van der Waals surface area contributed by atoms with Crippen molar-refractivity contribution in [1.29, 1.82) is 0 Å². The van der Waals surface area contributed by atoms with Crippen LogP contribution in [0.25, 0.3) is 0 Å². The molecule has 0 bridgehead atoms. The van der Waals surface area contributed by atoms with Gasteiger partial charge in [0.2, 0.25) is 0 Å². The van der Waals surface area contributed by atoms with Crippen LogP contribution in [-0.4, -0.2) is 11.8 Å². The molecule has 1 saturated heterocycles. The Labute approximate surface area is 60.9 Å². The Bertz CT molecular complexity index is 136. The Balaban J connectivity index is 2.58. The van der Waals surface area contributed by atoms with Crippen molar-refractivity contribution < 1.29 is 0 Å². The monoisotopic (exact) mass is 143 g/mol. The van der Waals surface area contributed by atoms with E-state index >= 15 is 0 Å². The molecular formula is C7H13NS. The summed E-state index contributed by atoms with van der Waals surface area (Å²) < 4.78 is 0. The van der Waals surface area contributed by atoms with Crippen LogP contribution in [-0.2, 0) is 0 Å². The van der Waals surface area contributed by atoms with Gasteiger partial charge in [-0.15, -0.1) is 11.8 Å². The average molecular weight is 143 g/mol. The minimum Gasteiger partial charge on any atom is -0.377 e. The highest BCUT2D eigenvalue weighted by molar-refractivity contribution is 8.03.